The van der Waals surface area contributed by atoms with Crippen molar-refractivity contribution in [1.82, 2.24) is 5.32 Å². The Bertz CT molecular complexity index is 430. The summed E-state index contributed by atoms with van der Waals surface area (Å²) in [5, 5.41) is 3.17. The van der Waals surface area contributed by atoms with Crippen LogP contribution in [-0.2, 0) is 0 Å². The van der Waals surface area contributed by atoms with Crippen molar-refractivity contribution in [2.45, 2.75) is 52.0 Å². The zero-order valence-corrected chi connectivity index (χ0v) is 13.3. The Kier molecular flexibility index (Phi) is 5.03. The highest BCUT2D eigenvalue weighted by Gasteiger charge is 2.21. The molecule has 1 amide bonds. The number of carbonyl (C=O) groups is 1. The monoisotopic (exact) mass is 323 g/mol. The Balaban J connectivity index is 1.94. The van der Waals surface area contributed by atoms with Crippen LogP contribution in [0.15, 0.2) is 22.7 Å². The summed E-state index contributed by atoms with van der Waals surface area (Å²) >= 11 is 3.44. The number of halogens is 1. The quantitative estimate of drug-likeness (QED) is 0.874. The molecule has 0 bridgehead atoms. The topological polar surface area (TPSA) is 29.1 Å². The van der Waals surface area contributed by atoms with Crippen LogP contribution in [0.5, 0.6) is 0 Å². The van der Waals surface area contributed by atoms with Crippen LogP contribution in [0.1, 0.15) is 54.9 Å². The van der Waals surface area contributed by atoms with Gasteiger partial charge in [-0.2, -0.15) is 0 Å². The first-order valence-electron chi connectivity index (χ1n) is 7.16. The molecule has 0 spiro atoms. The maximum atomic E-state index is 12.2. The summed E-state index contributed by atoms with van der Waals surface area (Å²) in [6.07, 6.45) is 6.01. The summed E-state index contributed by atoms with van der Waals surface area (Å²) in [5.74, 6) is 0.922. The van der Waals surface area contributed by atoms with E-state index in [9.17, 15) is 4.79 Å². The minimum atomic E-state index is 0.0596. The number of benzene rings is 1. The lowest BCUT2D eigenvalue weighted by molar-refractivity contribution is 0.0921. The lowest BCUT2D eigenvalue weighted by atomic mass is 9.84. The highest BCUT2D eigenvalue weighted by atomic mass is 79.9. The molecule has 1 saturated carbocycles. The Morgan fingerprint density at radius 1 is 1.26 bits per heavy atom. The summed E-state index contributed by atoms with van der Waals surface area (Å²) in [7, 11) is 0. The molecule has 2 rings (SSSR count). The molecule has 0 atom stereocenters. The fourth-order valence-corrected chi connectivity index (χ4v) is 3.46. The average Bonchev–Trinajstić information content (AvgIpc) is 2.38. The molecule has 0 radical (unpaired) electrons. The predicted octanol–water partition coefficient (Wildman–Crippen LogP) is 4.46. The summed E-state index contributed by atoms with van der Waals surface area (Å²) in [5.41, 5.74) is 1.86. The molecular weight excluding hydrogens is 302 g/mol. The zero-order chi connectivity index (χ0) is 13.8. The summed E-state index contributed by atoms with van der Waals surface area (Å²) in [4.78, 5) is 12.2. The number of hydrogen-bond acceptors (Lipinski definition) is 1. The van der Waals surface area contributed by atoms with E-state index in [0.29, 0.717) is 6.04 Å². The van der Waals surface area contributed by atoms with E-state index in [0.717, 1.165) is 34.4 Å². The van der Waals surface area contributed by atoms with Gasteiger partial charge in [0.05, 0.1) is 0 Å². The van der Waals surface area contributed by atoms with E-state index in [2.05, 4.69) is 28.2 Å². The maximum Gasteiger partial charge on any atom is 0.251 e. The minimum absolute atomic E-state index is 0.0596. The van der Waals surface area contributed by atoms with Crippen LogP contribution in [0.25, 0.3) is 0 Å². The van der Waals surface area contributed by atoms with Crippen molar-refractivity contribution in [2.75, 3.05) is 0 Å². The van der Waals surface area contributed by atoms with Gasteiger partial charge in [0, 0.05) is 16.1 Å². The lowest BCUT2D eigenvalue weighted by Crippen LogP contribution is -2.37. The lowest BCUT2D eigenvalue weighted by Gasteiger charge is -2.28. The van der Waals surface area contributed by atoms with Crippen molar-refractivity contribution >= 4 is 21.8 Å². The van der Waals surface area contributed by atoms with E-state index in [1.807, 2.05) is 25.1 Å². The van der Waals surface area contributed by atoms with Crippen molar-refractivity contribution in [1.29, 1.82) is 0 Å². The van der Waals surface area contributed by atoms with Crippen molar-refractivity contribution in [3.8, 4) is 0 Å². The number of carbonyl (C=O) groups excluding carboxylic acids is 1. The maximum absolute atomic E-state index is 12.2. The minimum Gasteiger partial charge on any atom is -0.349 e. The van der Waals surface area contributed by atoms with Gasteiger partial charge in [-0.1, -0.05) is 29.3 Å². The van der Waals surface area contributed by atoms with E-state index in [-0.39, 0.29) is 5.91 Å². The first-order chi connectivity index (χ1) is 9.08. The van der Waals surface area contributed by atoms with E-state index < -0.39 is 0 Å². The van der Waals surface area contributed by atoms with Crippen LogP contribution in [0.4, 0.5) is 0 Å². The standard InChI is InChI=1S/C16H22BrNO/c1-3-12-4-6-15(7-5-12)18-16(19)13-8-11(2)9-14(17)10-13/h8-10,12,15H,3-7H2,1-2H3,(H,18,19). The van der Waals surface area contributed by atoms with Crippen molar-refractivity contribution in [3.05, 3.63) is 33.8 Å². The highest BCUT2D eigenvalue weighted by molar-refractivity contribution is 9.10. The molecule has 0 aliphatic heterocycles. The third-order valence-electron chi connectivity index (χ3n) is 4.06. The van der Waals surface area contributed by atoms with Crippen LogP contribution in [-0.4, -0.2) is 11.9 Å². The highest BCUT2D eigenvalue weighted by Crippen LogP contribution is 2.26. The Morgan fingerprint density at radius 3 is 2.53 bits per heavy atom. The molecule has 0 unspecified atom stereocenters. The summed E-state index contributed by atoms with van der Waals surface area (Å²) < 4.78 is 0.965. The zero-order valence-electron chi connectivity index (χ0n) is 11.7. The smallest absolute Gasteiger partial charge is 0.251 e. The number of hydrogen-bond donors (Lipinski definition) is 1. The summed E-state index contributed by atoms with van der Waals surface area (Å²) in [6.45, 7) is 4.27. The SMILES string of the molecule is CCC1CCC(NC(=O)c2cc(C)cc(Br)c2)CC1. The van der Waals surface area contributed by atoms with Gasteiger partial charge in [-0.3, -0.25) is 4.79 Å². The molecule has 1 aromatic rings. The molecule has 1 N–H and O–H groups in total. The van der Waals surface area contributed by atoms with Crippen molar-refractivity contribution in [3.63, 3.8) is 0 Å². The molecule has 1 aromatic carbocycles. The van der Waals surface area contributed by atoms with Gasteiger partial charge in [-0.05, 0) is 62.3 Å². The number of nitrogens with one attached hydrogen (secondary N) is 1. The van der Waals surface area contributed by atoms with Gasteiger partial charge < -0.3 is 5.32 Å². The number of aryl methyl sites for hydroxylation is 1. The third kappa shape index (κ3) is 4.07. The molecule has 19 heavy (non-hydrogen) atoms. The Labute approximate surface area is 124 Å². The molecule has 0 saturated heterocycles. The van der Waals surface area contributed by atoms with E-state index >= 15 is 0 Å². The molecule has 1 fully saturated rings. The average molecular weight is 324 g/mol. The Morgan fingerprint density at radius 2 is 1.95 bits per heavy atom. The third-order valence-corrected chi connectivity index (χ3v) is 4.52. The van der Waals surface area contributed by atoms with E-state index in [4.69, 9.17) is 0 Å². The second kappa shape index (κ2) is 6.56. The second-order valence-electron chi connectivity index (χ2n) is 5.62. The summed E-state index contributed by atoms with van der Waals surface area (Å²) in [6, 6.07) is 6.20. The first kappa shape index (κ1) is 14.6. The van der Waals surface area contributed by atoms with Crippen LogP contribution in [0.3, 0.4) is 0 Å². The predicted molar refractivity (Wildman–Crippen MR) is 82.4 cm³/mol. The van der Waals surface area contributed by atoms with Gasteiger partial charge in [-0.25, -0.2) is 0 Å². The largest absolute Gasteiger partial charge is 0.349 e. The van der Waals surface area contributed by atoms with Gasteiger partial charge in [-0.15, -0.1) is 0 Å². The number of amides is 1. The molecule has 2 nitrogen and oxygen atoms in total. The van der Waals surface area contributed by atoms with Gasteiger partial charge in [0.2, 0.25) is 0 Å². The van der Waals surface area contributed by atoms with Crippen LogP contribution >= 0.6 is 15.9 Å². The van der Waals surface area contributed by atoms with E-state index in [1.165, 1.54) is 19.3 Å². The van der Waals surface area contributed by atoms with Gasteiger partial charge >= 0.3 is 0 Å². The van der Waals surface area contributed by atoms with Crippen molar-refractivity contribution in [2.24, 2.45) is 5.92 Å². The van der Waals surface area contributed by atoms with Gasteiger partial charge in [0.25, 0.3) is 5.91 Å². The second-order valence-corrected chi connectivity index (χ2v) is 6.53. The molecule has 104 valence electrons. The molecular formula is C16H22BrNO. The molecule has 0 aromatic heterocycles. The molecule has 0 heterocycles. The normalized spacial score (nSPS) is 23.1. The fraction of sp³-hybridized carbons (Fsp3) is 0.562. The van der Waals surface area contributed by atoms with Gasteiger partial charge in [0.1, 0.15) is 0 Å². The molecule has 1 aliphatic rings. The van der Waals surface area contributed by atoms with Gasteiger partial charge in [0.15, 0.2) is 0 Å². The molecule has 3 heteroatoms. The fourth-order valence-electron chi connectivity index (χ4n) is 2.85. The molecule has 1 aliphatic carbocycles. The number of rotatable bonds is 3. The Hall–Kier alpha value is -0.830. The van der Waals surface area contributed by atoms with E-state index in [1.54, 1.807) is 0 Å². The first-order valence-corrected chi connectivity index (χ1v) is 7.96. The van der Waals surface area contributed by atoms with Crippen LogP contribution < -0.4 is 5.32 Å². The van der Waals surface area contributed by atoms with Crippen LogP contribution in [0, 0.1) is 12.8 Å². The van der Waals surface area contributed by atoms with Crippen molar-refractivity contribution < 1.29 is 4.79 Å². The van der Waals surface area contributed by atoms with Crippen LogP contribution in [0.2, 0.25) is 0 Å².